The topological polar surface area (TPSA) is 35.5 Å². The van der Waals surface area contributed by atoms with Crippen LogP contribution in [0, 0.1) is 5.92 Å². The molecular weight excluding hydrogens is 224 g/mol. The van der Waals surface area contributed by atoms with Crippen LogP contribution >= 0.6 is 11.3 Å². The Hall–Kier alpha value is -1.13. The van der Waals surface area contributed by atoms with Gasteiger partial charge in [-0.2, -0.15) is 0 Å². The third-order valence-corrected chi connectivity index (χ3v) is 3.80. The summed E-state index contributed by atoms with van der Waals surface area (Å²) in [6, 6.07) is 3.90. The van der Waals surface area contributed by atoms with Gasteiger partial charge in [0.1, 0.15) is 5.76 Å². The summed E-state index contributed by atoms with van der Waals surface area (Å²) in [7, 11) is 0. The van der Waals surface area contributed by atoms with Crippen molar-refractivity contribution in [3.8, 4) is 0 Å². The maximum atomic E-state index is 11.9. The van der Waals surface area contributed by atoms with Crippen molar-refractivity contribution in [2.24, 2.45) is 5.92 Å². The molecule has 0 radical (unpaired) electrons. The number of hydrogen-bond donors (Lipinski definition) is 0. The molecule has 0 aliphatic carbocycles. The average molecular weight is 236 g/mol. The third kappa shape index (κ3) is 1.68. The highest BCUT2D eigenvalue weighted by molar-refractivity contribution is 7.11. The summed E-state index contributed by atoms with van der Waals surface area (Å²) >= 11 is 1.57. The summed E-state index contributed by atoms with van der Waals surface area (Å²) in [6.45, 7) is 0.687. The van der Waals surface area contributed by atoms with Crippen molar-refractivity contribution in [2.75, 3.05) is 6.61 Å². The molecule has 1 aromatic heterocycles. The number of rotatable bonds is 1. The molecule has 2 aliphatic rings. The van der Waals surface area contributed by atoms with Crippen molar-refractivity contribution >= 4 is 22.9 Å². The minimum Gasteiger partial charge on any atom is -0.463 e. The first-order valence-corrected chi connectivity index (χ1v) is 6.30. The molecule has 0 aromatic carbocycles. The highest BCUT2D eigenvalue weighted by Crippen LogP contribution is 2.34. The lowest BCUT2D eigenvalue weighted by molar-refractivity contribution is -0.169. The van der Waals surface area contributed by atoms with E-state index in [-0.39, 0.29) is 18.0 Å². The quantitative estimate of drug-likeness (QED) is 0.751. The number of ketones is 1. The van der Waals surface area contributed by atoms with Crippen LogP contribution in [0.2, 0.25) is 0 Å². The largest absolute Gasteiger partial charge is 0.463 e. The Morgan fingerprint density at radius 3 is 3.19 bits per heavy atom. The summed E-state index contributed by atoms with van der Waals surface area (Å²) in [4.78, 5) is 12.9. The molecule has 0 spiro atoms. The molecule has 84 valence electrons. The van der Waals surface area contributed by atoms with Gasteiger partial charge >= 0.3 is 0 Å². The zero-order chi connectivity index (χ0) is 11.0. The summed E-state index contributed by atoms with van der Waals surface area (Å²) in [5, 5.41) is 1.97. The smallest absolute Gasteiger partial charge is 0.210 e. The Kier molecular flexibility index (Phi) is 2.53. The van der Waals surface area contributed by atoms with Gasteiger partial charge in [-0.05, 0) is 24.3 Å². The highest BCUT2D eigenvalue weighted by Gasteiger charge is 2.37. The van der Waals surface area contributed by atoms with Gasteiger partial charge in [0, 0.05) is 6.08 Å². The first-order valence-electron chi connectivity index (χ1n) is 5.42. The van der Waals surface area contributed by atoms with E-state index in [1.54, 1.807) is 17.4 Å². The molecule has 0 bridgehead atoms. The molecule has 3 rings (SSSR count). The van der Waals surface area contributed by atoms with Crippen LogP contribution in [0.3, 0.4) is 0 Å². The monoisotopic (exact) mass is 236 g/mol. The Morgan fingerprint density at radius 2 is 2.38 bits per heavy atom. The molecule has 4 heteroatoms. The molecule has 1 aromatic rings. The van der Waals surface area contributed by atoms with Gasteiger partial charge in [0.05, 0.1) is 17.4 Å². The molecule has 16 heavy (non-hydrogen) atoms. The van der Waals surface area contributed by atoms with Crippen LogP contribution in [0.15, 0.2) is 23.6 Å². The molecule has 3 heterocycles. The molecule has 1 saturated heterocycles. The van der Waals surface area contributed by atoms with Gasteiger partial charge < -0.3 is 9.47 Å². The van der Waals surface area contributed by atoms with Crippen molar-refractivity contribution in [1.29, 1.82) is 0 Å². The van der Waals surface area contributed by atoms with Gasteiger partial charge in [0.15, 0.2) is 5.78 Å². The van der Waals surface area contributed by atoms with E-state index in [4.69, 9.17) is 9.47 Å². The predicted octanol–water partition coefficient (Wildman–Crippen LogP) is 2.44. The van der Waals surface area contributed by atoms with Crippen LogP contribution in [0.5, 0.6) is 0 Å². The van der Waals surface area contributed by atoms with Crippen molar-refractivity contribution in [3.05, 3.63) is 28.5 Å². The molecule has 0 amide bonds. The average Bonchev–Trinajstić information content (AvgIpc) is 2.82. The predicted molar refractivity (Wildman–Crippen MR) is 60.9 cm³/mol. The second kappa shape index (κ2) is 4.03. The van der Waals surface area contributed by atoms with Gasteiger partial charge in [0.2, 0.25) is 6.29 Å². The second-order valence-corrected chi connectivity index (χ2v) is 4.94. The fourth-order valence-corrected chi connectivity index (χ4v) is 2.77. The van der Waals surface area contributed by atoms with Crippen LogP contribution in [0.4, 0.5) is 0 Å². The number of fused-ring (bicyclic) bond motifs is 1. The second-order valence-electron chi connectivity index (χ2n) is 3.99. The summed E-state index contributed by atoms with van der Waals surface area (Å²) in [6.07, 6.45) is 3.06. The zero-order valence-corrected chi connectivity index (χ0v) is 9.53. The van der Waals surface area contributed by atoms with Crippen molar-refractivity contribution in [1.82, 2.24) is 0 Å². The van der Waals surface area contributed by atoms with Crippen LogP contribution in [-0.2, 0) is 14.3 Å². The van der Waals surface area contributed by atoms with E-state index in [0.29, 0.717) is 12.4 Å². The molecule has 0 unspecified atom stereocenters. The number of carbonyl (C=O) groups excluding carboxylic acids is 1. The molecular formula is C12H12O3S. The van der Waals surface area contributed by atoms with E-state index < -0.39 is 0 Å². The standard InChI is InChI=1S/C12H12O3S/c13-9-7-10(11-4-2-6-16-11)15-12-8(9)3-1-5-14-12/h2,4,6-8,12H,1,3,5H2/t8-,12-/m0/s1. The van der Waals surface area contributed by atoms with Crippen molar-refractivity contribution in [2.45, 2.75) is 19.1 Å². The number of hydrogen-bond acceptors (Lipinski definition) is 4. The fraction of sp³-hybridized carbons (Fsp3) is 0.417. The zero-order valence-electron chi connectivity index (χ0n) is 8.72. The summed E-state index contributed by atoms with van der Waals surface area (Å²) < 4.78 is 11.2. The number of allylic oxidation sites excluding steroid dienone is 1. The molecule has 2 atom stereocenters. The van der Waals surface area contributed by atoms with E-state index in [9.17, 15) is 4.79 Å². The molecule has 0 N–H and O–H groups in total. The van der Waals surface area contributed by atoms with Gasteiger partial charge in [-0.15, -0.1) is 11.3 Å². The number of thiophene rings is 1. The van der Waals surface area contributed by atoms with E-state index in [0.717, 1.165) is 17.7 Å². The van der Waals surface area contributed by atoms with E-state index in [2.05, 4.69) is 0 Å². The normalized spacial score (nSPS) is 29.2. The van der Waals surface area contributed by atoms with Crippen LogP contribution in [-0.4, -0.2) is 18.7 Å². The van der Waals surface area contributed by atoms with Gasteiger partial charge in [-0.25, -0.2) is 0 Å². The van der Waals surface area contributed by atoms with Gasteiger partial charge in [0.25, 0.3) is 0 Å². The lowest BCUT2D eigenvalue weighted by Crippen LogP contribution is -2.38. The lowest BCUT2D eigenvalue weighted by Gasteiger charge is -2.33. The Labute approximate surface area is 97.7 Å². The van der Waals surface area contributed by atoms with Gasteiger partial charge in [-0.1, -0.05) is 6.07 Å². The van der Waals surface area contributed by atoms with Crippen LogP contribution in [0.1, 0.15) is 17.7 Å². The Bertz CT molecular complexity index is 421. The Morgan fingerprint density at radius 1 is 1.44 bits per heavy atom. The maximum absolute atomic E-state index is 11.9. The first-order chi connectivity index (χ1) is 7.84. The van der Waals surface area contributed by atoms with E-state index in [1.807, 2.05) is 17.5 Å². The lowest BCUT2D eigenvalue weighted by atomic mass is 9.93. The molecule has 3 nitrogen and oxygen atoms in total. The summed E-state index contributed by atoms with van der Waals surface area (Å²) in [5.74, 6) is 0.694. The van der Waals surface area contributed by atoms with Gasteiger partial charge in [-0.3, -0.25) is 4.79 Å². The highest BCUT2D eigenvalue weighted by atomic mass is 32.1. The van der Waals surface area contributed by atoms with Crippen LogP contribution in [0.25, 0.3) is 5.76 Å². The fourth-order valence-electron chi connectivity index (χ4n) is 2.09. The summed E-state index contributed by atoms with van der Waals surface area (Å²) in [5.41, 5.74) is 0. The van der Waals surface area contributed by atoms with E-state index in [1.165, 1.54) is 0 Å². The number of ether oxygens (including phenoxy) is 2. The SMILES string of the molecule is O=C1C=C(c2cccs2)O[C@@H]2OCCC[C@@H]12. The van der Waals surface area contributed by atoms with Crippen molar-refractivity contribution < 1.29 is 14.3 Å². The third-order valence-electron chi connectivity index (χ3n) is 2.92. The molecule has 2 aliphatic heterocycles. The number of carbonyl (C=O) groups is 1. The van der Waals surface area contributed by atoms with Crippen molar-refractivity contribution in [3.63, 3.8) is 0 Å². The minimum atomic E-state index is -0.372. The van der Waals surface area contributed by atoms with Crippen LogP contribution < -0.4 is 0 Å². The molecule has 0 saturated carbocycles. The molecule has 1 fully saturated rings. The van der Waals surface area contributed by atoms with E-state index >= 15 is 0 Å². The first kappa shape index (κ1) is 10.1. The Balaban J connectivity index is 1.89. The minimum absolute atomic E-state index is 0.0996. The maximum Gasteiger partial charge on any atom is 0.210 e.